The first-order chi connectivity index (χ1) is 11.8. The van der Waals surface area contributed by atoms with Gasteiger partial charge in [0.25, 0.3) is 6.29 Å². The number of hydrogen-bond donors (Lipinski definition) is 1. The minimum atomic E-state index is -0.808. The Morgan fingerprint density at radius 2 is 2.04 bits per heavy atom. The summed E-state index contributed by atoms with van der Waals surface area (Å²) < 4.78 is 16.1. The smallest absolute Gasteiger partial charge is 0.338 e. The summed E-state index contributed by atoms with van der Waals surface area (Å²) in [4.78, 5) is 23.7. The Bertz CT molecular complexity index is 741. The molecule has 4 unspecified atom stereocenters. The van der Waals surface area contributed by atoms with E-state index >= 15 is 0 Å². The van der Waals surface area contributed by atoms with Crippen LogP contribution in [-0.4, -0.2) is 35.5 Å². The molecule has 0 radical (unpaired) electrons. The van der Waals surface area contributed by atoms with Crippen LogP contribution in [0.4, 0.5) is 0 Å². The molecule has 0 aromatic rings. The maximum atomic E-state index is 12.3. The van der Waals surface area contributed by atoms with Crippen molar-refractivity contribution in [3.63, 3.8) is 0 Å². The molecular weight excluding hydrogens is 324 g/mol. The van der Waals surface area contributed by atoms with Crippen molar-refractivity contribution >= 4 is 11.9 Å². The molecule has 1 N–H and O–H groups in total. The van der Waals surface area contributed by atoms with Crippen molar-refractivity contribution in [1.29, 1.82) is 0 Å². The van der Waals surface area contributed by atoms with E-state index in [4.69, 9.17) is 14.2 Å². The normalized spacial score (nSPS) is 37.6. The van der Waals surface area contributed by atoms with Gasteiger partial charge in [0.1, 0.15) is 6.10 Å². The second-order valence-corrected chi connectivity index (χ2v) is 7.85. The van der Waals surface area contributed by atoms with E-state index in [-0.39, 0.29) is 17.4 Å². The highest BCUT2D eigenvalue weighted by Crippen LogP contribution is 2.54. The number of aliphatic hydroxyl groups is 1. The first-order valence-electron chi connectivity index (χ1n) is 8.65. The lowest BCUT2D eigenvalue weighted by molar-refractivity contribution is -0.152. The first kappa shape index (κ1) is 16.4. The molecule has 4 aliphatic rings. The van der Waals surface area contributed by atoms with Crippen LogP contribution in [-0.2, 0) is 23.8 Å². The predicted octanol–water partition coefficient (Wildman–Crippen LogP) is 2.14. The molecule has 0 aromatic heterocycles. The summed E-state index contributed by atoms with van der Waals surface area (Å²) in [6.45, 7) is 5.92. The lowest BCUT2D eigenvalue weighted by atomic mass is 9.71. The van der Waals surface area contributed by atoms with E-state index in [1.807, 2.05) is 0 Å². The summed E-state index contributed by atoms with van der Waals surface area (Å²) >= 11 is 0. The number of carbonyl (C=O) groups excluding carboxylic acids is 2. The Kier molecular flexibility index (Phi) is 3.58. The number of carbonyl (C=O) groups is 2. The van der Waals surface area contributed by atoms with Crippen molar-refractivity contribution in [3.8, 4) is 0 Å². The number of cyclic esters (lactones) is 1. The van der Waals surface area contributed by atoms with Crippen molar-refractivity contribution in [2.75, 3.05) is 0 Å². The second-order valence-electron chi connectivity index (χ2n) is 7.85. The fraction of sp³-hybridized carbons (Fsp3) is 0.579. The van der Waals surface area contributed by atoms with Crippen molar-refractivity contribution in [2.24, 2.45) is 11.3 Å². The van der Waals surface area contributed by atoms with Gasteiger partial charge in [-0.25, -0.2) is 9.59 Å². The number of rotatable bonds is 2. The van der Waals surface area contributed by atoms with Crippen LogP contribution in [0.15, 0.2) is 34.6 Å². The molecule has 0 saturated carbocycles. The molecule has 0 amide bonds. The Hall–Kier alpha value is -2.08. The fourth-order valence-electron chi connectivity index (χ4n) is 4.38. The van der Waals surface area contributed by atoms with Crippen LogP contribution in [0, 0.1) is 11.3 Å². The number of aliphatic hydroxyl groups excluding tert-OH is 1. The van der Waals surface area contributed by atoms with Gasteiger partial charge in [0.2, 0.25) is 0 Å². The van der Waals surface area contributed by atoms with Gasteiger partial charge in [-0.3, -0.25) is 0 Å². The molecule has 1 fully saturated rings. The first-order valence-corrected chi connectivity index (χ1v) is 8.65. The van der Waals surface area contributed by atoms with Crippen LogP contribution in [0.2, 0.25) is 0 Å². The molecule has 4 atom stereocenters. The van der Waals surface area contributed by atoms with Gasteiger partial charge < -0.3 is 19.3 Å². The quantitative estimate of drug-likeness (QED) is 0.357. The zero-order valence-electron chi connectivity index (χ0n) is 14.6. The van der Waals surface area contributed by atoms with Crippen molar-refractivity contribution in [1.82, 2.24) is 0 Å². The maximum Gasteiger partial charge on any atom is 0.338 e. The largest absolute Gasteiger partial charge is 0.458 e. The van der Waals surface area contributed by atoms with Crippen LogP contribution >= 0.6 is 0 Å². The molecule has 0 spiro atoms. The van der Waals surface area contributed by atoms with Gasteiger partial charge in [-0.2, -0.15) is 0 Å². The van der Waals surface area contributed by atoms with Gasteiger partial charge in [-0.05, 0) is 42.7 Å². The van der Waals surface area contributed by atoms with E-state index in [1.165, 1.54) is 6.26 Å². The van der Waals surface area contributed by atoms with Crippen LogP contribution in [0.1, 0.15) is 40.0 Å². The third-order valence-corrected chi connectivity index (χ3v) is 5.74. The number of hydrogen-bond acceptors (Lipinski definition) is 6. The molecule has 4 rings (SSSR count). The molecule has 134 valence electrons. The zero-order chi connectivity index (χ0) is 17.9. The van der Waals surface area contributed by atoms with Gasteiger partial charge in [0, 0.05) is 17.6 Å². The lowest BCUT2D eigenvalue weighted by Gasteiger charge is -2.36. The van der Waals surface area contributed by atoms with Gasteiger partial charge in [-0.15, -0.1) is 0 Å². The molecule has 0 bridgehead atoms. The summed E-state index contributed by atoms with van der Waals surface area (Å²) in [5.74, 6) is -0.965. The number of fused-ring (bicyclic) bond motifs is 2. The summed E-state index contributed by atoms with van der Waals surface area (Å²) in [6, 6.07) is 0. The second kappa shape index (κ2) is 5.46. The topological polar surface area (TPSA) is 82.1 Å². The highest BCUT2D eigenvalue weighted by atomic mass is 16.7. The third-order valence-electron chi connectivity index (χ3n) is 5.74. The van der Waals surface area contributed by atoms with Gasteiger partial charge >= 0.3 is 11.9 Å². The molecule has 2 aliphatic carbocycles. The SMILES string of the molecule is CC1=CC(OC=C2C(=O)OC3C4=C(CC23)C(O)CCC4(C)C)OC1=O. The predicted molar refractivity (Wildman–Crippen MR) is 86.8 cm³/mol. The molecule has 2 heterocycles. The molecule has 25 heavy (non-hydrogen) atoms. The molecule has 6 nitrogen and oxygen atoms in total. The lowest BCUT2D eigenvalue weighted by Crippen LogP contribution is -2.31. The molecule has 2 aliphatic heterocycles. The van der Waals surface area contributed by atoms with E-state index in [0.29, 0.717) is 17.6 Å². The number of ether oxygens (including phenoxy) is 3. The van der Waals surface area contributed by atoms with E-state index < -0.39 is 24.3 Å². The summed E-state index contributed by atoms with van der Waals surface area (Å²) in [5.41, 5.74) is 2.91. The van der Waals surface area contributed by atoms with Crippen molar-refractivity contribution < 1.29 is 28.9 Å². The molecule has 0 aromatic carbocycles. The Balaban J connectivity index is 1.57. The standard InChI is InChI=1S/C19H22O6/c1-9-6-14(24-17(9)21)23-8-12-10-7-11-13(20)4-5-19(2,3)15(11)16(10)25-18(12)22/h6,8,10,13-14,16,20H,4-5,7H2,1-3H3. The Labute approximate surface area is 146 Å². The maximum absolute atomic E-state index is 12.3. The highest BCUT2D eigenvalue weighted by molar-refractivity contribution is 5.92. The summed E-state index contributed by atoms with van der Waals surface area (Å²) in [7, 11) is 0. The van der Waals surface area contributed by atoms with E-state index in [2.05, 4.69) is 13.8 Å². The van der Waals surface area contributed by atoms with Crippen LogP contribution in [0.3, 0.4) is 0 Å². The summed E-state index contributed by atoms with van der Waals surface area (Å²) in [6.07, 6.45) is 3.53. The average molecular weight is 346 g/mol. The minimum absolute atomic E-state index is 0.0919. The summed E-state index contributed by atoms with van der Waals surface area (Å²) in [5, 5.41) is 10.4. The third kappa shape index (κ3) is 2.51. The number of esters is 2. The van der Waals surface area contributed by atoms with E-state index in [0.717, 1.165) is 24.0 Å². The fourth-order valence-corrected chi connectivity index (χ4v) is 4.38. The van der Waals surface area contributed by atoms with Crippen molar-refractivity contribution in [2.45, 2.75) is 58.5 Å². The highest BCUT2D eigenvalue weighted by Gasteiger charge is 2.53. The van der Waals surface area contributed by atoms with Gasteiger partial charge in [0.05, 0.1) is 17.9 Å². The molecule has 1 saturated heterocycles. The van der Waals surface area contributed by atoms with E-state index in [1.54, 1.807) is 13.0 Å². The average Bonchev–Trinajstić information content (AvgIpc) is 3.15. The molecule has 6 heteroatoms. The minimum Gasteiger partial charge on any atom is -0.458 e. The molecular formula is C19H22O6. The van der Waals surface area contributed by atoms with Crippen molar-refractivity contribution in [3.05, 3.63) is 34.6 Å². The Morgan fingerprint density at radius 1 is 1.28 bits per heavy atom. The van der Waals surface area contributed by atoms with Crippen LogP contribution in [0.5, 0.6) is 0 Å². The van der Waals surface area contributed by atoms with E-state index in [9.17, 15) is 14.7 Å². The van der Waals surface area contributed by atoms with Gasteiger partial charge in [0.15, 0.2) is 0 Å². The Morgan fingerprint density at radius 3 is 2.72 bits per heavy atom. The van der Waals surface area contributed by atoms with Crippen LogP contribution in [0.25, 0.3) is 0 Å². The zero-order valence-corrected chi connectivity index (χ0v) is 14.6. The van der Waals surface area contributed by atoms with Gasteiger partial charge in [-0.1, -0.05) is 13.8 Å². The monoisotopic (exact) mass is 346 g/mol. The van der Waals surface area contributed by atoms with Crippen LogP contribution < -0.4 is 0 Å².